The van der Waals surface area contributed by atoms with E-state index in [4.69, 9.17) is 17.4 Å². The Morgan fingerprint density at radius 2 is 2.27 bits per heavy atom. The highest BCUT2D eigenvalue weighted by atomic mass is 32.1. The third kappa shape index (κ3) is 2.24. The van der Waals surface area contributed by atoms with Gasteiger partial charge in [-0.05, 0) is 18.1 Å². The molecule has 84 valence electrons. The first-order valence-electron chi connectivity index (χ1n) is 4.53. The number of hydroxylamine groups is 1. The van der Waals surface area contributed by atoms with Gasteiger partial charge < -0.3 is 5.32 Å². The summed E-state index contributed by atoms with van der Waals surface area (Å²) < 4.78 is 0. The van der Waals surface area contributed by atoms with Gasteiger partial charge in [0.1, 0.15) is 6.04 Å². The van der Waals surface area contributed by atoms with Gasteiger partial charge in [0.25, 0.3) is 5.91 Å². The Balaban J connectivity index is 2.93. The second-order valence-electron chi connectivity index (χ2n) is 3.59. The fraction of sp³-hybridized carbons (Fsp3) is 0.625. The molecule has 1 heterocycles. The van der Waals surface area contributed by atoms with Gasteiger partial charge in [-0.25, -0.2) is 5.48 Å². The second-order valence-corrected chi connectivity index (χ2v) is 3.97. The van der Waals surface area contributed by atoms with E-state index in [1.165, 1.54) is 4.90 Å². The molecule has 1 fully saturated rings. The average Bonchev–Trinajstić information content (AvgIpc) is 2.49. The molecule has 1 unspecified atom stereocenters. The first-order valence-corrected chi connectivity index (χ1v) is 4.93. The van der Waals surface area contributed by atoms with E-state index in [9.17, 15) is 9.59 Å². The predicted octanol–water partition coefficient (Wildman–Crippen LogP) is -0.767. The van der Waals surface area contributed by atoms with Crippen LogP contribution in [-0.2, 0) is 9.59 Å². The van der Waals surface area contributed by atoms with E-state index in [0.717, 1.165) is 0 Å². The summed E-state index contributed by atoms with van der Waals surface area (Å²) >= 11 is 4.91. The van der Waals surface area contributed by atoms with Crippen molar-refractivity contribution >= 4 is 29.1 Å². The van der Waals surface area contributed by atoms with Crippen LogP contribution in [-0.4, -0.2) is 39.6 Å². The lowest BCUT2D eigenvalue weighted by Gasteiger charge is -2.27. The van der Waals surface area contributed by atoms with Crippen LogP contribution < -0.4 is 10.8 Å². The van der Waals surface area contributed by atoms with Crippen molar-refractivity contribution in [2.24, 2.45) is 5.92 Å². The number of thiocarbonyl (C=S) groups is 1. The molecule has 0 bridgehead atoms. The predicted molar refractivity (Wildman–Crippen MR) is 56.0 cm³/mol. The minimum Gasteiger partial charge on any atom is -0.353 e. The quantitative estimate of drug-likeness (QED) is 0.338. The second kappa shape index (κ2) is 4.54. The Morgan fingerprint density at radius 1 is 1.67 bits per heavy atom. The molecule has 2 amide bonds. The zero-order valence-corrected chi connectivity index (χ0v) is 9.30. The van der Waals surface area contributed by atoms with Crippen LogP contribution in [0.3, 0.4) is 0 Å². The molecular weight excluding hydrogens is 218 g/mol. The normalized spacial score (nSPS) is 18.0. The molecule has 0 aromatic carbocycles. The van der Waals surface area contributed by atoms with Crippen LogP contribution in [0.2, 0.25) is 0 Å². The first-order chi connectivity index (χ1) is 6.99. The first kappa shape index (κ1) is 11.9. The number of nitrogens with one attached hydrogen (secondary N) is 2. The van der Waals surface area contributed by atoms with Crippen LogP contribution in [0.25, 0.3) is 0 Å². The maximum atomic E-state index is 11.5. The minimum atomic E-state index is -0.773. The molecule has 7 heteroatoms. The fourth-order valence-corrected chi connectivity index (χ4v) is 1.79. The molecule has 0 saturated carbocycles. The maximum Gasteiger partial charge on any atom is 0.266 e. The van der Waals surface area contributed by atoms with Crippen molar-refractivity contribution in [3.05, 3.63) is 0 Å². The van der Waals surface area contributed by atoms with Crippen LogP contribution in [0.4, 0.5) is 0 Å². The third-order valence-corrected chi connectivity index (χ3v) is 2.51. The number of amides is 2. The molecule has 1 aliphatic rings. The van der Waals surface area contributed by atoms with Crippen molar-refractivity contribution in [3.63, 3.8) is 0 Å². The average molecular weight is 231 g/mol. The monoisotopic (exact) mass is 231 g/mol. The van der Waals surface area contributed by atoms with Crippen molar-refractivity contribution in [3.8, 4) is 0 Å². The standard InChI is InChI=1S/C8H13N3O3S/c1-4(2)6(7(13)10-14)11-5(12)3-9-8(11)15/h4,6,14H,3H2,1-2H3,(H,9,15)(H,10,13). The Bertz CT molecular complexity index is 290. The van der Waals surface area contributed by atoms with Gasteiger partial charge in [0.2, 0.25) is 5.91 Å². The topological polar surface area (TPSA) is 81.7 Å². The van der Waals surface area contributed by atoms with Crippen LogP contribution >= 0.6 is 12.2 Å². The Hall–Kier alpha value is -1.21. The summed E-state index contributed by atoms with van der Waals surface area (Å²) in [6.45, 7) is 3.64. The van der Waals surface area contributed by atoms with Gasteiger partial charge in [-0.2, -0.15) is 0 Å². The van der Waals surface area contributed by atoms with Crippen molar-refractivity contribution < 1.29 is 14.8 Å². The van der Waals surface area contributed by atoms with E-state index in [-0.39, 0.29) is 23.5 Å². The smallest absolute Gasteiger partial charge is 0.266 e. The van der Waals surface area contributed by atoms with E-state index >= 15 is 0 Å². The van der Waals surface area contributed by atoms with Gasteiger partial charge >= 0.3 is 0 Å². The Morgan fingerprint density at radius 3 is 2.60 bits per heavy atom. The maximum absolute atomic E-state index is 11.5. The minimum absolute atomic E-state index is 0.0980. The van der Waals surface area contributed by atoms with Crippen molar-refractivity contribution in [2.45, 2.75) is 19.9 Å². The van der Waals surface area contributed by atoms with E-state index in [1.807, 2.05) is 0 Å². The zero-order chi connectivity index (χ0) is 11.6. The molecule has 1 saturated heterocycles. The summed E-state index contributed by atoms with van der Waals surface area (Å²) in [6.07, 6.45) is 0. The lowest BCUT2D eigenvalue weighted by atomic mass is 10.0. The molecule has 1 rings (SSSR count). The molecule has 0 aromatic rings. The molecule has 0 spiro atoms. The summed E-state index contributed by atoms with van der Waals surface area (Å²) in [5.74, 6) is -1.04. The summed E-state index contributed by atoms with van der Waals surface area (Å²) in [5.41, 5.74) is 1.54. The Kier molecular flexibility index (Phi) is 3.59. The summed E-state index contributed by atoms with van der Waals surface area (Å²) in [5, 5.41) is 11.5. The highest BCUT2D eigenvalue weighted by Crippen LogP contribution is 2.14. The van der Waals surface area contributed by atoms with Crippen LogP contribution in [0.1, 0.15) is 13.8 Å². The molecule has 1 aliphatic heterocycles. The summed E-state index contributed by atoms with van der Waals surface area (Å²) in [7, 11) is 0. The van der Waals surface area contributed by atoms with Gasteiger partial charge in [-0.3, -0.25) is 19.7 Å². The van der Waals surface area contributed by atoms with Crippen molar-refractivity contribution in [1.82, 2.24) is 15.7 Å². The number of carbonyl (C=O) groups is 2. The van der Waals surface area contributed by atoms with Crippen LogP contribution in [0.5, 0.6) is 0 Å². The van der Waals surface area contributed by atoms with Crippen LogP contribution in [0, 0.1) is 5.92 Å². The van der Waals surface area contributed by atoms with E-state index in [1.54, 1.807) is 19.3 Å². The largest absolute Gasteiger partial charge is 0.353 e. The number of hydrogen-bond donors (Lipinski definition) is 3. The lowest BCUT2D eigenvalue weighted by Crippen LogP contribution is -2.51. The molecule has 6 nitrogen and oxygen atoms in total. The molecule has 15 heavy (non-hydrogen) atoms. The van der Waals surface area contributed by atoms with E-state index in [0.29, 0.717) is 0 Å². The van der Waals surface area contributed by atoms with Gasteiger partial charge in [0.05, 0.1) is 6.54 Å². The number of hydrogen-bond acceptors (Lipinski definition) is 4. The van der Waals surface area contributed by atoms with Crippen molar-refractivity contribution in [1.29, 1.82) is 0 Å². The van der Waals surface area contributed by atoms with Crippen molar-refractivity contribution in [2.75, 3.05) is 6.54 Å². The zero-order valence-electron chi connectivity index (χ0n) is 8.48. The van der Waals surface area contributed by atoms with Gasteiger partial charge in [-0.15, -0.1) is 0 Å². The highest BCUT2D eigenvalue weighted by Gasteiger charge is 2.38. The van der Waals surface area contributed by atoms with Gasteiger partial charge in [-0.1, -0.05) is 13.8 Å². The highest BCUT2D eigenvalue weighted by molar-refractivity contribution is 7.80. The number of rotatable bonds is 3. The summed E-state index contributed by atoms with van der Waals surface area (Å²) in [4.78, 5) is 24.1. The summed E-state index contributed by atoms with van der Waals surface area (Å²) in [6, 6.07) is -0.773. The molecule has 0 radical (unpaired) electrons. The van der Waals surface area contributed by atoms with E-state index < -0.39 is 11.9 Å². The fourth-order valence-electron chi connectivity index (χ4n) is 1.50. The lowest BCUT2D eigenvalue weighted by molar-refractivity contribution is -0.140. The van der Waals surface area contributed by atoms with Gasteiger partial charge in [0.15, 0.2) is 5.11 Å². The van der Waals surface area contributed by atoms with Crippen LogP contribution in [0.15, 0.2) is 0 Å². The molecule has 0 aliphatic carbocycles. The molecular formula is C8H13N3O3S. The molecule has 1 atom stereocenters. The van der Waals surface area contributed by atoms with E-state index in [2.05, 4.69) is 5.32 Å². The van der Waals surface area contributed by atoms with Gasteiger partial charge in [0, 0.05) is 0 Å². The number of nitrogens with zero attached hydrogens (tertiary/aromatic N) is 1. The Labute approximate surface area is 92.6 Å². The SMILES string of the molecule is CC(C)C(C(=O)NO)N1C(=O)CNC1=S. The number of carbonyl (C=O) groups excluding carboxylic acids is 2. The molecule has 3 N–H and O–H groups in total. The third-order valence-electron chi connectivity index (χ3n) is 2.17. The molecule has 0 aromatic heterocycles.